The van der Waals surface area contributed by atoms with Crippen LogP contribution in [0.2, 0.25) is 5.02 Å². The molecule has 0 saturated heterocycles. The van der Waals surface area contributed by atoms with Crippen LogP contribution < -0.4 is 10.0 Å². The number of carbonyl (C=O) groups is 1. The minimum Gasteiger partial charge on any atom is -0.325 e. The van der Waals surface area contributed by atoms with Gasteiger partial charge in [-0.2, -0.15) is 0 Å². The number of aryl methyl sites for hydroxylation is 1. The molecule has 0 bridgehead atoms. The topological polar surface area (TPSA) is 75.3 Å². The van der Waals surface area contributed by atoms with Gasteiger partial charge in [0.15, 0.2) is 0 Å². The van der Waals surface area contributed by atoms with Gasteiger partial charge in [0.05, 0.1) is 15.6 Å². The third kappa shape index (κ3) is 4.79. The fourth-order valence-corrected chi connectivity index (χ4v) is 3.26. The quantitative estimate of drug-likeness (QED) is 0.868. The van der Waals surface area contributed by atoms with E-state index in [2.05, 4.69) is 10.0 Å². The fourth-order valence-electron chi connectivity index (χ4n) is 1.92. The van der Waals surface area contributed by atoms with Crippen LogP contribution in [0.25, 0.3) is 0 Å². The number of rotatable bonds is 5. The van der Waals surface area contributed by atoms with E-state index in [4.69, 9.17) is 11.6 Å². The SMILES string of the molecule is CC(=O)Nc1ccc(S(=O)(=O)NCc2ccc(C)cc2)cc1Cl. The van der Waals surface area contributed by atoms with Gasteiger partial charge in [-0.25, -0.2) is 13.1 Å². The van der Waals surface area contributed by atoms with E-state index in [0.29, 0.717) is 5.69 Å². The predicted molar refractivity (Wildman–Crippen MR) is 91.0 cm³/mol. The summed E-state index contributed by atoms with van der Waals surface area (Å²) < 4.78 is 27.1. The largest absolute Gasteiger partial charge is 0.325 e. The Morgan fingerprint density at radius 3 is 2.35 bits per heavy atom. The molecule has 0 spiro atoms. The van der Waals surface area contributed by atoms with E-state index in [1.54, 1.807) is 0 Å². The van der Waals surface area contributed by atoms with E-state index in [1.165, 1.54) is 25.1 Å². The molecule has 2 aromatic carbocycles. The molecule has 1 amide bonds. The standard InChI is InChI=1S/C16H17ClN2O3S/c1-11-3-5-13(6-4-11)10-18-23(21,22)14-7-8-16(15(17)9-14)19-12(2)20/h3-9,18H,10H2,1-2H3,(H,19,20). The van der Waals surface area contributed by atoms with Crippen molar-refractivity contribution in [2.45, 2.75) is 25.3 Å². The molecule has 122 valence electrons. The highest BCUT2D eigenvalue weighted by Gasteiger charge is 2.15. The van der Waals surface area contributed by atoms with Crippen LogP contribution in [-0.2, 0) is 21.4 Å². The van der Waals surface area contributed by atoms with Gasteiger partial charge < -0.3 is 5.32 Å². The molecule has 0 unspecified atom stereocenters. The second kappa shape index (κ2) is 7.12. The first-order chi connectivity index (χ1) is 10.8. The third-order valence-electron chi connectivity index (χ3n) is 3.15. The number of nitrogens with one attached hydrogen (secondary N) is 2. The second-order valence-electron chi connectivity index (χ2n) is 5.13. The first kappa shape index (κ1) is 17.5. The van der Waals surface area contributed by atoms with Crippen LogP contribution in [0.3, 0.4) is 0 Å². The van der Waals surface area contributed by atoms with Crippen LogP contribution in [0, 0.1) is 6.92 Å². The van der Waals surface area contributed by atoms with Crippen molar-refractivity contribution in [3.05, 3.63) is 58.6 Å². The summed E-state index contributed by atoms with van der Waals surface area (Å²) in [5.41, 5.74) is 2.34. The van der Waals surface area contributed by atoms with E-state index in [-0.39, 0.29) is 22.4 Å². The molecular weight excluding hydrogens is 336 g/mol. The van der Waals surface area contributed by atoms with Crippen LogP contribution in [0.5, 0.6) is 0 Å². The Hall–Kier alpha value is -1.89. The molecule has 0 heterocycles. The maximum Gasteiger partial charge on any atom is 0.240 e. The average Bonchev–Trinajstić information content (AvgIpc) is 2.48. The van der Waals surface area contributed by atoms with Gasteiger partial charge in [0.2, 0.25) is 15.9 Å². The number of benzene rings is 2. The van der Waals surface area contributed by atoms with Gasteiger partial charge >= 0.3 is 0 Å². The number of hydrogen-bond donors (Lipinski definition) is 2. The highest BCUT2D eigenvalue weighted by Crippen LogP contribution is 2.25. The van der Waals surface area contributed by atoms with Crippen LogP contribution >= 0.6 is 11.6 Å². The Kier molecular flexibility index (Phi) is 5.41. The predicted octanol–water partition coefficient (Wildman–Crippen LogP) is 3.09. The van der Waals surface area contributed by atoms with Gasteiger partial charge in [-0.15, -0.1) is 0 Å². The van der Waals surface area contributed by atoms with E-state index in [9.17, 15) is 13.2 Å². The molecule has 0 fully saturated rings. The van der Waals surface area contributed by atoms with E-state index >= 15 is 0 Å². The summed E-state index contributed by atoms with van der Waals surface area (Å²) in [5.74, 6) is -0.278. The highest BCUT2D eigenvalue weighted by molar-refractivity contribution is 7.89. The van der Waals surface area contributed by atoms with Crippen LogP contribution in [0.15, 0.2) is 47.4 Å². The second-order valence-corrected chi connectivity index (χ2v) is 7.31. The summed E-state index contributed by atoms with van der Waals surface area (Å²) >= 11 is 6.01. The lowest BCUT2D eigenvalue weighted by atomic mass is 10.2. The lowest BCUT2D eigenvalue weighted by Crippen LogP contribution is -2.23. The van der Waals surface area contributed by atoms with Crippen molar-refractivity contribution in [3.8, 4) is 0 Å². The molecule has 0 saturated carbocycles. The summed E-state index contributed by atoms with van der Waals surface area (Å²) in [4.78, 5) is 11.1. The first-order valence-electron chi connectivity index (χ1n) is 6.90. The van der Waals surface area contributed by atoms with E-state index < -0.39 is 10.0 Å². The molecule has 0 atom stereocenters. The van der Waals surface area contributed by atoms with Gasteiger partial charge in [-0.1, -0.05) is 41.4 Å². The van der Waals surface area contributed by atoms with Gasteiger partial charge in [-0.05, 0) is 30.7 Å². The Bertz CT molecular complexity index is 818. The monoisotopic (exact) mass is 352 g/mol. The van der Waals surface area contributed by atoms with Crippen molar-refractivity contribution in [2.24, 2.45) is 0 Å². The molecule has 2 rings (SSSR count). The molecule has 23 heavy (non-hydrogen) atoms. The Morgan fingerprint density at radius 2 is 1.78 bits per heavy atom. The van der Waals surface area contributed by atoms with Gasteiger partial charge in [0.25, 0.3) is 0 Å². The van der Waals surface area contributed by atoms with Crippen molar-refractivity contribution in [2.75, 3.05) is 5.32 Å². The molecule has 0 aromatic heterocycles. The number of carbonyl (C=O) groups excluding carboxylic acids is 1. The molecule has 0 aliphatic heterocycles. The zero-order valence-corrected chi connectivity index (χ0v) is 14.3. The summed E-state index contributed by atoms with van der Waals surface area (Å²) in [7, 11) is -3.68. The number of sulfonamides is 1. The maximum absolute atomic E-state index is 12.3. The number of amides is 1. The van der Waals surface area contributed by atoms with Crippen molar-refractivity contribution >= 4 is 33.2 Å². The number of anilines is 1. The Balaban J connectivity index is 2.14. The molecule has 5 nitrogen and oxygen atoms in total. The molecule has 0 aliphatic carbocycles. The molecule has 7 heteroatoms. The number of halogens is 1. The van der Waals surface area contributed by atoms with Crippen LogP contribution in [0.1, 0.15) is 18.1 Å². The van der Waals surface area contributed by atoms with Crippen molar-refractivity contribution in [1.29, 1.82) is 0 Å². The Morgan fingerprint density at radius 1 is 1.13 bits per heavy atom. The van der Waals surface area contributed by atoms with E-state index in [0.717, 1.165) is 11.1 Å². The number of hydrogen-bond acceptors (Lipinski definition) is 3. The molecule has 2 aromatic rings. The maximum atomic E-state index is 12.3. The average molecular weight is 353 g/mol. The van der Waals surface area contributed by atoms with Crippen LogP contribution in [-0.4, -0.2) is 14.3 Å². The van der Waals surface area contributed by atoms with Crippen molar-refractivity contribution in [1.82, 2.24) is 4.72 Å². The van der Waals surface area contributed by atoms with Crippen molar-refractivity contribution in [3.63, 3.8) is 0 Å². The summed E-state index contributed by atoms with van der Waals surface area (Å²) in [6.45, 7) is 3.50. The third-order valence-corrected chi connectivity index (χ3v) is 4.86. The molecule has 2 N–H and O–H groups in total. The van der Waals surface area contributed by atoms with Gasteiger partial charge in [-0.3, -0.25) is 4.79 Å². The first-order valence-corrected chi connectivity index (χ1v) is 8.76. The molecule has 0 radical (unpaired) electrons. The Labute approximate surface area is 140 Å². The fraction of sp³-hybridized carbons (Fsp3) is 0.188. The van der Waals surface area contributed by atoms with Gasteiger partial charge in [0.1, 0.15) is 0 Å². The molecular formula is C16H17ClN2O3S. The van der Waals surface area contributed by atoms with Crippen molar-refractivity contribution < 1.29 is 13.2 Å². The normalized spacial score (nSPS) is 11.3. The lowest BCUT2D eigenvalue weighted by Gasteiger charge is -2.10. The minimum absolute atomic E-state index is 0.0451. The van der Waals surface area contributed by atoms with E-state index in [1.807, 2.05) is 31.2 Å². The zero-order valence-electron chi connectivity index (χ0n) is 12.8. The summed E-state index contributed by atoms with van der Waals surface area (Å²) in [6.07, 6.45) is 0. The highest BCUT2D eigenvalue weighted by atomic mass is 35.5. The van der Waals surface area contributed by atoms with Gasteiger partial charge in [0, 0.05) is 13.5 Å². The smallest absolute Gasteiger partial charge is 0.240 e. The zero-order chi connectivity index (χ0) is 17.0. The van der Waals surface area contributed by atoms with Crippen LogP contribution in [0.4, 0.5) is 5.69 Å². The minimum atomic E-state index is -3.68. The lowest BCUT2D eigenvalue weighted by molar-refractivity contribution is -0.114. The summed E-state index contributed by atoms with van der Waals surface area (Å²) in [5, 5.41) is 2.69. The summed E-state index contributed by atoms with van der Waals surface area (Å²) in [6, 6.07) is 11.7. The molecule has 0 aliphatic rings.